The van der Waals surface area contributed by atoms with E-state index in [-0.39, 0.29) is 11.7 Å². The van der Waals surface area contributed by atoms with Crippen molar-refractivity contribution in [2.45, 2.75) is 33.1 Å². The third kappa shape index (κ3) is 2.98. The van der Waals surface area contributed by atoms with Gasteiger partial charge in [0.15, 0.2) is 0 Å². The van der Waals surface area contributed by atoms with Gasteiger partial charge in [0.25, 0.3) is 0 Å². The summed E-state index contributed by atoms with van der Waals surface area (Å²) >= 11 is 0. The minimum Gasteiger partial charge on any atom is -0.507 e. The third-order valence-corrected chi connectivity index (χ3v) is 3.83. The summed E-state index contributed by atoms with van der Waals surface area (Å²) in [6, 6.07) is 7.15. The Labute approximate surface area is 114 Å². The van der Waals surface area contributed by atoms with Crippen molar-refractivity contribution in [3.05, 3.63) is 35.4 Å². The molecular formula is C16H21NO2. The molecule has 0 unspecified atom stereocenters. The number of hydrogen-bond donors (Lipinski definition) is 1. The van der Waals surface area contributed by atoms with Gasteiger partial charge >= 0.3 is 0 Å². The average molecular weight is 259 g/mol. The molecule has 1 aliphatic heterocycles. The molecule has 0 aromatic heterocycles. The van der Waals surface area contributed by atoms with E-state index >= 15 is 0 Å². The number of rotatable bonds is 2. The summed E-state index contributed by atoms with van der Waals surface area (Å²) in [6.07, 6.45) is 3.40. The molecule has 1 aliphatic rings. The number of carbonyl (C=O) groups is 1. The monoisotopic (exact) mass is 259 g/mol. The summed E-state index contributed by atoms with van der Waals surface area (Å²) < 4.78 is 0. The molecule has 19 heavy (non-hydrogen) atoms. The first-order valence-corrected chi connectivity index (χ1v) is 6.86. The van der Waals surface area contributed by atoms with Crippen molar-refractivity contribution in [1.82, 2.24) is 4.90 Å². The molecule has 1 saturated heterocycles. The zero-order valence-corrected chi connectivity index (χ0v) is 11.6. The van der Waals surface area contributed by atoms with E-state index in [1.165, 1.54) is 6.42 Å². The van der Waals surface area contributed by atoms with Gasteiger partial charge in [0.2, 0.25) is 5.91 Å². The predicted octanol–water partition coefficient (Wildman–Crippen LogP) is 3.20. The number of phenolic OH excluding ortho intramolecular Hbond substituents is 1. The van der Waals surface area contributed by atoms with Crippen LogP contribution in [0.15, 0.2) is 29.8 Å². The second kappa shape index (κ2) is 5.91. The highest BCUT2D eigenvalue weighted by atomic mass is 16.3. The standard InChI is InChI=1S/C16H21NO2/c1-12(14-8-4-5-9-15(14)18)13(2)16(19)17-10-6-3-7-11-17/h4-5,8-9,18H,3,6-7,10-11H2,1-2H3/b13-12+. The van der Waals surface area contributed by atoms with Crippen LogP contribution in [0.25, 0.3) is 5.57 Å². The van der Waals surface area contributed by atoms with Crippen LogP contribution in [0.5, 0.6) is 5.75 Å². The van der Waals surface area contributed by atoms with Crippen molar-refractivity contribution in [3.63, 3.8) is 0 Å². The normalized spacial score (nSPS) is 17.1. The fraction of sp³-hybridized carbons (Fsp3) is 0.438. The Morgan fingerprint density at radius 1 is 1.11 bits per heavy atom. The van der Waals surface area contributed by atoms with Crippen LogP contribution in [0.2, 0.25) is 0 Å². The Morgan fingerprint density at radius 2 is 1.74 bits per heavy atom. The minimum absolute atomic E-state index is 0.0976. The van der Waals surface area contributed by atoms with E-state index in [1.54, 1.807) is 12.1 Å². The molecule has 0 radical (unpaired) electrons. The first-order chi connectivity index (χ1) is 9.11. The Hall–Kier alpha value is -1.77. The van der Waals surface area contributed by atoms with E-state index in [9.17, 15) is 9.90 Å². The fourth-order valence-electron chi connectivity index (χ4n) is 2.49. The molecule has 0 saturated carbocycles. The van der Waals surface area contributed by atoms with Gasteiger partial charge in [-0.3, -0.25) is 4.79 Å². The van der Waals surface area contributed by atoms with Crippen molar-refractivity contribution in [3.8, 4) is 5.75 Å². The molecular weight excluding hydrogens is 238 g/mol. The van der Waals surface area contributed by atoms with Crippen molar-refractivity contribution in [1.29, 1.82) is 0 Å². The highest BCUT2D eigenvalue weighted by molar-refractivity contribution is 6.00. The first kappa shape index (κ1) is 13.7. The van der Waals surface area contributed by atoms with E-state index in [2.05, 4.69) is 0 Å². The van der Waals surface area contributed by atoms with Gasteiger partial charge in [-0.05, 0) is 44.7 Å². The smallest absolute Gasteiger partial charge is 0.249 e. The van der Waals surface area contributed by atoms with Gasteiger partial charge in [0.1, 0.15) is 5.75 Å². The molecule has 102 valence electrons. The van der Waals surface area contributed by atoms with Crippen LogP contribution in [0.1, 0.15) is 38.7 Å². The van der Waals surface area contributed by atoms with Crippen LogP contribution >= 0.6 is 0 Å². The number of nitrogens with zero attached hydrogens (tertiary/aromatic N) is 1. The van der Waals surface area contributed by atoms with Crippen LogP contribution in [0, 0.1) is 0 Å². The molecule has 1 aromatic rings. The fourth-order valence-corrected chi connectivity index (χ4v) is 2.49. The number of para-hydroxylation sites is 1. The number of amides is 1. The summed E-state index contributed by atoms with van der Waals surface area (Å²) in [7, 11) is 0. The zero-order valence-electron chi connectivity index (χ0n) is 11.6. The van der Waals surface area contributed by atoms with Crippen molar-refractivity contribution in [2.75, 3.05) is 13.1 Å². The number of benzene rings is 1. The summed E-state index contributed by atoms with van der Waals surface area (Å²) in [5.74, 6) is 0.325. The molecule has 1 fully saturated rings. The van der Waals surface area contributed by atoms with Crippen molar-refractivity contribution >= 4 is 11.5 Å². The third-order valence-electron chi connectivity index (χ3n) is 3.83. The number of piperidine rings is 1. The van der Waals surface area contributed by atoms with Gasteiger partial charge in [-0.2, -0.15) is 0 Å². The number of phenols is 1. The molecule has 1 amide bonds. The van der Waals surface area contributed by atoms with Crippen LogP contribution in [-0.4, -0.2) is 29.0 Å². The topological polar surface area (TPSA) is 40.5 Å². The van der Waals surface area contributed by atoms with Gasteiger partial charge in [-0.25, -0.2) is 0 Å². The molecule has 1 aromatic carbocycles. The molecule has 3 heteroatoms. The van der Waals surface area contributed by atoms with Gasteiger partial charge in [0, 0.05) is 24.2 Å². The molecule has 1 N–H and O–H groups in total. The number of carbonyl (C=O) groups excluding carboxylic acids is 1. The lowest BCUT2D eigenvalue weighted by atomic mass is 10.00. The number of hydrogen-bond acceptors (Lipinski definition) is 2. The highest BCUT2D eigenvalue weighted by Crippen LogP contribution is 2.27. The quantitative estimate of drug-likeness (QED) is 0.829. The molecule has 3 nitrogen and oxygen atoms in total. The molecule has 1 heterocycles. The predicted molar refractivity (Wildman–Crippen MR) is 76.8 cm³/mol. The van der Waals surface area contributed by atoms with Gasteiger partial charge in [-0.15, -0.1) is 0 Å². The molecule has 0 aliphatic carbocycles. The maximum absolute atomic E-state index is 12.4. The van der Waals surface area contributed by atoms with Crippen LogP contribution in [0.3, 0.4) is 0 Å². The van der Waals surface area contributed by atoms with E-state index in [1.807, 2.05) is 30.9 Å². The SMILES string of the molecule is C/C(C(=O)N1CCCCC1)=C(/C)c1ccccc1O. The Morgan fingerprint density at radius 3 is 2.37 bits per heavy atom. The summed E-state index contributed by atoms with van der Waals surface area (Å²) in [5, 5.41) is 9.86. The van der Waals surface area contributed by atoms with Gasteiger partial charge in [-0.1, -0.05) is 18.2 Å². The maximum atomic E-state index is 12.4. The lowest BCUT2D eigenvalue weighted by Gasteiger charge is -2.27. The van der Waals surface area contributed by atoms with Crippen LogP contribution in [-0.2, 0) is 4.79 Å². The average Bonchev–Trinajstić information content (AvgIpc) is 2.46. The highest BCUT2D eigenvalue weighted by Gasteiger charge is 2.20. The number of allylic oxidation sites excluding steroid dienone is 1. The molecule has 0 bridgehead atoms. The van der Waals surface area contributed by atoms with Gasteiger partial charge < -0.3 is 10.0 Å². The second-order valence-corrected chi connectivity index (χ2v) is 5.12. The molecule has 0 spiro atoms. The summed E-state index contributed by atoms with van der Waals surface area (Å²) in [4.78, 5) is 14.3. The summed E-state index contributed by atoms with van der Waals surface area (Å²) in [5.41, 5.74) is 2.32. The second-order valence-electron chi connectivity index (χ2n) is 5.12. The summed E-state index contributed by atoms with van der Waals surface area (Å²) in [6.45, 7) is 5.44. The van der Waals surface area contributed by atoms with Gasteiger partial charge in [0.05, 0.1) is 0 Å². The van der Waals surface area contributed by atoms with Crippen molar-refractivity contribution < 1.29 is 9.90 Å². The van der Waals surface area contributed by atoms with E-state index in [4.69, 9.17) is 0 Å². The molecule has 2 rings (SSSR count). The lowest BCUT2D eigenvalue weighted by molar-refractivity contribution is -0.127. The van der Waals surface area contributed by atoms with E-state index in [0.29, 0.717) is 0 Å². The Bertz CT molecular complexity index is 499. The number of aromatic hydroxyl groups is 1. The van der Waals surface area contributed by atoms with Crippen LogP contribution in [0.4, 0.5) is 0 Å². The number of likely N-dealkylation sites (tertiary alicyclic amines) is 1. The zero-order chi connectivity index (χ0) is 13.8. The van der Waals surface area contributed by atoms with E-state index < -0.39 is 0 Å². The van der Waals surface area contributed by atoms with Crippen LogP contribution < -0.4 is 0 Å². The Kier molecular flexibility index (Phi) is 4.25. The first-order valence-electron chi connectivity index (χ1n) is 6.86. The maximum Gasteiger partial charge on any atom is 0.249 e. The largest absolute Gasteiger partial charge is 0.507 e. The minimum atomic E-state index is 0.0976. The lowest BCUT2D eigenvalue weighted by Crippen LogP contribution is -2.36. The Balaban J connectivity index is 2.25. The van der Waals surface area contributed by atoms with Crippen molar-refractivity contribution in [2.24, 2.45) is 0 Å². The van der Waals surface area contributed by atoms with E-state index in [0.717, 1.165) is 42.6 Å². The molecule has 0 atom stereocenters.